The predicted octanol–water partition coefficient (Wildman–Crippen LogP) is 12.3. The van der Waals surface area contributed by atoms with Gasteiger partial charge in [-0.3, -0.25) is 0 Å². The lowest BCUT2D eigenvalue weighted by molar-refractivity contribution is 1.19. The van der Waals surface area contributed by atoms with Crippen molar-refractivity contribution in [3.8, 4) is 67.3 Å². The van der Waals surface area contributed by atoms with E-state index in [1.807, 2.05) is 0 Å². The first-order chi connectivity index (χ1) is 23.8. The Hall–Kier alpha value is -6.38. The van der Waals surface area contributed by atoms with Crippen molar-refractivity contribution in [3.63, 3.8) is 0 Å². The second kappa shape index (κ2) is 10.6. The fourth-order valence-corrected chi connectivity index (χ4v) is 7.76. The van der Waals surface area contributed by atoms with Gasteiger partial charge in [-0.1, -0.05) is 164 Å². The van der Waals surface area contributed by atoms with Crippen LogP contribution in [0.2, 0.25) is 0 Å². The highest BCUT2D eigenvalue weighted by Crippen LogP contribution is 2.58. The minimum atomic E-state index is 0.734. The summed E-state index contributed by atoms with van der Waals surface area (Å²) in [6.45, 7) is 0. The van der Waals surface area contributed by atoms with Gasteiger partial charge in [0.25, 0.3) is 0 Å². The van der Waals surface area contributed by atoms with Gasteiger partial charge in [0.1, 0.15) is 0 Å². The summed E-state index contributed by atoms with van der Waals surface area (Å²) in [5.41, 5.74) is 12.4. The third kappa shape index (κ3) is 4.00. The van der Waals surface area contributed by atoms with Crippen molar-refractivity contribution < 1.29 is 0 Å². The molecule has 0 saturated carbocycles. The summed E-state index contributed by atoms with van der Waals surface area (Å²) in [4.78, 5) is 10.9. The van der Waals surface area contributed by atoms with Gasteiger partial charge in [0.05, 0.1) is 11.4 Å². The molecule has 2 nitrogen and oxygen atoms in total. The van der Waals surface area contributed by atoms with Crippen LogP contribution in [0.3, 0.4) is 0 Å². The van der Waals surface area contributed by atoms with E-state index < -0.39 is 0 Å². The van der Waals surface area contributed by atoms with Crippen molar-refractivity contribution in [3.05, 3.63) is 170 Å². The van der Waals surface area contributed by atoms with E-state index in [0.29, 0.717) is 0 Å². The van der Waals surface area contributed by atoms with Gasteiger partial charge < -0.3 is 0 Å². The summed E-state index contributed by atoms with van der Waals surface area (Å²) in [5.74, 6) is 0.734. The molecule has 0 amide bonds. The first kappa shape index (κ1) is 26.8. The van der Waals surface area contributed by atoms with E-state index >= 15 is 0 Å². The Morgan fingerprint density at radius 1 is 0.312 bits per heavy atom. The number of benzene rings is 8. The van der Waals surface area contributed by atoms with Gasteiger partial charge in [-0.2, -0.15) is 0 Å². The molecular formula is C46H28N2. The Morgan fingerprint density at radius 2 is 0.833 bits per heavy atom. The zero-order valence-corrected chi connectivity index (χ0v) is 26.1. The first-order valence-electron chi connectivity index (χ1n) is 16.4. The maximum Gasteiger partial charge on any atom is 0.161 e. The van der Waals surface area contributed by atoms with Crippen molar-refractivity contribution >= 4 is 32.3 Å². The molecule has 1 heterocycles. The molecule has 0 fully saturated rings. The zero-order valence-electron chi connectivity index (χ0n) is 26.1. The number of hydrogen-bond acceptors (Lipinski definition) is 2. The molecule has 0 aliphatic heterocycles. The molecule has 222 valence electrons. The van der Waals surface area contributed by atoms with Gasteiger partial charge >= 0.3 is 0 Å². The molecule has 9 aromatic rings. The minimum Gasteiger partial charge on any atom is -0.228 e. The van der Waals surface area contributed by atoms with E-state index in [4.69, 9.17) is 9.97 Å². The van der Waals surface area contributed by atoms with Crippen LogP contribution in [0.1, 0.15) is 0 Å². The zero-order chi connectivity index (χ0) is 31.6. The van der Waals surface area contributed by atoms with Crippen molar-refractivity contribution in [2.45, 2.75) is 0 Å². The van der Waals surface area contributed by atoms with Gasteiger partial charge in [-0.15, -0.1) is 0 Å². The molecule has 1 aliphatic rings. The number of rotatable bonds is 4. The summed E-state index contributed by atoms with van der Waals surface area (Å²) < 4.78 is 0. The Bertz CT molecular complexity index is 2630. The Morgan fingerprint density at radius 3 is 1.46 bits per heavy atom. The molecule has 0 atom stereocenters. The smallest absolute Gasteiger partial charge is 0.161 e. The van der Waals surface area contributed by atoms with Gasteiger partial charge in [-0.05, 0) is 60.8 Å². The second-order valence-corrected chi connectivity index (χ2v) is 12.5. The normalized spacial score (nSPS) is 11.8. The largest absolute Gasteiger partial charge is 0.228 e. The van der Waals surface area contributed by atoms with E-state index in [1.54, 1.807) is 0 Å². The van der Waals surface area contributed by atoms with Crippen molar-refractivity contribution in [1.82, 2.24) is 9.97 Å². The molecule has 10 rings (SSSR count). The molecule has 0 spiro atoms. The molecule has 1 aromatic heterocycles. The summed E-state index contributed by atoms with van der Waals surface area (Å²) in [6.07, 6.45) is 0. The quantitative estimate of drug-likeness (QED) is 0.186. The van der Waals surface area contributed by atoms with E-state index in [0.717, 1.165) is 33.9 Å². The van der Waals surface area contributed by atoms with Gasteiger partial charge in [-0.25, -0.2) is 9.97 Å². The van der Waals surface area contributed by atoms with Crippen LogP contribution in [0.4, 0.5) is 0 Å². The lowest BCUT2D eigenvalue weighted by atomic mass is 9.82. The SMILES string of the molecule is c1ccc(-c2cc(-c3ccccc3)nc(-c3c4c(c(-c5ccccc5)c5ccc6ccccc6c35)-c3cccc5cccc-4c35)n2)cc1. The first-order valence-corrected chi connectivity index (χ1v) is 16.4. The van der Waals surface area contributed by atoms with Crippen LogP contribution in [-0.2, 0) is 0 Å². The lowest BCUT2D eigenvalue weighted by Gasteiger charge is -2.21. The van der Waals surface area contributed by atoms with Gasteiger partial charge in [0.2, 0.25) is 0 Å². The topological polar surface area (TPSA) is 25.8 Å². The maximum atomic E-state index is 5.45. The summed E-state index contributed by atoms with van der Waals surface area (Å²) >= 11 is 0. The van der Waals surface area contributed by atoms with E-state index in [2.05, 4.69) is 170 Å². The third-order valence-corrected chi connectivity index (χ3v) is 9.79. The molecule has 0 unspecified atom stereocenters. The second-order valence-electron chi connectivity index (χ2n) is 12.5. The molecule has 1 aliphatic carbocycles. The third-order valence-electron chi connectivity index (χ3n) is 9.79. The van der Waals surface area contributed by atoms with E-state index in [-0.39, 0.29) is 0 Å². The van der Waals surface area contributed by atoms with Gasteiger partial charge in [0.15, 0.2) is 5.82 Å². The number of fused-ring (bicyclic) bond motifs is 6. The van der Waals surface area contributed by atoms with Crippen LogP contribution in [0, 0.1) is 0 Å². The highest BCUT2D eigenvalue weighted by atomic mass is 14.9. The van der Waals surface area contributed by atoms with Crippen LogP contribution in [-0.4, -0.2) is 9.97 Å². The monoisotopic (exact) mass is 608 g/mol. The molecule has 8 aromatic carbocycles. The highest BCUT2D eigenvalue weighted by molar-refractivity contribution is 6.30. The molecule has 0 radical (unpaired) electrons. The molecule has 0 bridgehead atoms. The Balaban J connectivity index is 1.45. The van der Waals surface area contributed by atoms with E-state index in [1.165, 1.54) is 65.7 Å². The van der Waals surface area contributed by atoms with Crippen LogP contribution >= 0.6 is 0 Å². The fraction of sp³-hybridized carbons (Fsp3) is 0. The average Bonchev–Trinajstić information content (AvgIpc) is 3.50. The van der Waals surface area contributed by atoms with Crippen molar-refractivity contribution in [1.29, 1.82) is 0 Å². The Kier molecular flexibility index (Phi) is 5.91. The summed E-state index contributed by atoms with van der Waals surface area (Å²) in [6, 6.07) is 60.6. The number of nitrogens with zero attached hydrogens (tertiary/aromatic N) is 2. The van der Waals surface area contributed by atoms with Crippen molar-refractivity contribution in [2.75, 3.05) is 0 Å². The van der Waals surface area contributed by atoms with Crippen LogP contribution in [0.25, 0.3) is 99.6 Å². The number of hydrogen-bond donors (Lipinski definition) is 0. The molecule has 0 N–H and O–H groups in total. The fourth-order valence-electron chi connectivity index (χ4n) is 7.76. The summed E-state index contributed by atoms with van der Waals surface area (Å²) in [7, 11) is 0. The molecular weight excluding hydrogens is 581 g/mol. The molecule has 2 heteroatoms. The highest BCUT2D eigenvalue weighted by Gasteiger charge is 2.32. The van der Waals surface area contributed by atoms with Crippen LogP contribution < -0.4 is 0 Å². The van der Waals surface area contributed by atoms with Gasteiger partial charge in [0, 0.05) is 27.6 Å². The average molecular weight is 609 g/mol. The lowest BCUT2D eigenvalue weighted by Crippen LogP contribution is -2.00. The Labute approximate surface area is 278 Å². The standard InChI is InChI=1S/C46H28N2/c1-4-15-30(16-5-1)38-28-39(31-17-6-2-7-18-31)48-46(47-38)45-42-34-23-11-10-14-29(34)26-27-37(42)41(33-19-8-3-9-20-33)43-35-24-12-21-32-22-13-25-36(40(32)35)44(43)45/h1-28H. The number of aromatic nitrogens is 2. The molecule has 48 heavy (non-hydrogen) atoms. The maximum absolute atomic E-state index is 5.45. The van der Waals surface area contributed by atoms with Crippen LogP contribution in [0.5, 0.6) is 0 Å². The molecule has 0 saturated heterocycles. The predicted molar refractivity (Wildman–Crippen MR) is 201 cm³/mol. The van der Waals surface area contributed by atoms with Crippen LogP contribution in [0.15, 0.2) is 170 Å². The summed E-state index contributed by atoms with van der Waals surface area (Å²) in [5, 5.41) is 7.30. The minimum absolute atomic E-state index is 0.734. The van der Waals surface area contributed by atoms with E-state index in [9.17, 15) is 0 Å². The van der Waals surface area contributed by atoms with Crippen molar-refractivity contribution in [2.24, 2.45) is 0 Å².